The molecule has 8 heteroatoms. The Labute approximate surface area is 207 Å². The van der Waals surface area contributed by atoms with Gasteiger partial charge in [0.05, 0.1) is 18.4 Å². The van der Waals surface area contributed by atoms with Crippen LogP contribution in [0, 0.1) is 5.82 Å². The number of aromatic nitrogens is 4. The maximum atomic E-state index is 15.1. The summed E-state index contributed by atoms with van der Waals surface area (Å²) in [6.45, 7) is 0. The summed E-state index contributed by atoms with van der Waals surface area (Å²) in [5.41, 5.74) is 17.2. The molecule has 6 rings (SSSR count). The minimum Gasteiger partial charge on any atom is -0.494 e. The van der Waals surface area contributed by atoms with Crippen LogP contribution in [0.15, 0.2) is 72.9 Å². The minimum atomic E-state index is -0.465. The molecule has 0 spiro atoms. The number of methoxy groups -OCH3 is 1. The smallest absolute Gasteiger partial charge is 0.174 e. The Morgan fingerprint density at radius 2 is 1.72 bits per heavy atom. The molecule has 1 fully saturated rings. The number of anilines is 1. The topological polar surface area (TPSA) is 105 Å². The Morgan fingerprint density at radius 3 is 2.42 bits per heavy atom. The number of imidazole rings is 1. The number of nitrogens with zero attached hydrogens (tertiary/aromatic N) is 4. The van der Waals surface area contributed by atoms with Gasteiger partial charge < -0.3 is 16.2 Å². The Hall–Kier alpha value is -4.30. The van der Waals surface area contributed by atoms with Crippen LogP contribution in [0.2, 0.25) is 0 Å². The van der Waals surface area contributed by atoms with Gasteiger partial charge in [-0.15, -0.1) is 0 Å². The van der Waals surface area contributed by atoms with Crippen LogP contribution in [0.4, 0.5) is 10.2 Å². The first-order chi connectivity index (χ1) is 17.5. The molecule has 0 bridgehead atoms. The van der Waals surface area contributed by atoms with Crippen molar-refractivity contribution in [1.82, 2.24) is 19.5 Å². The zero-order valence-corrected chi connectivity index (χ0v) is 19.8. The average Bonchev–Trinajstić information content (AvgIpc) is 3.26. The summed E-state index contributed by atoms with van der Waals surface area (Å²) in [5.74, 6) is 0.659. The lowest BCUT2D eigenvalue weighted by Gasteiger charge is -2.38. The first-order valence-electron chi connectivity index (χ1n) is 11.8. The van der Waals surface area contributed by atoms with Crippen LogP contribution in [0.3, 0.4) is 0 Å². The fourth-order valence-corrected chi connectivity index (χ4v) is 4.79. The van der Waals surface area contributed by atoms with Crippen LogP contribution in [0.5, 0.6) is 5.75 Å². The molecule has 0 unspecified atom stereocenters. The number of pyridine rings is 2. The zero-order valence-electron chi connectivity index (χ0n) is 19.8. The second-order valence-corrected chi connectivity index (χ2v) is 9.12. The Kier molecular flexibility index (Phi) is 5.19. The van der Waals surface area contributed by atoms with E-state index in [9.17, 15) is 0 Å². The van der Waals surface area contributed by atoms with Gasteiger partial charge in [-0.25, -0.2) is 19.3 Å². The highest BCUT2D eigenvalue weighted by Crippen LogP contribution is 2.39. The molecule has 36 heavy (non-hydrogen) atoms. The average molecular weight is 481 g/mol. The molecule has 3 heterocycles. The van der Waals surface area contributed by atoms with E-state index in [-0.39, 0.29) is 11.3 Å². The van der Waals surface area contributed by atoms with E-state index >= 15 is 4.39 Å². The number of nitrogen functional groups attached to an aromatic ring is 1. The SMILES string of the molecule is COc1cccc(-c2ccc3nc(-c4cccnc4N)n(-c4ccc(C5(N)CCC5)cc4)c3n2)c1F. The number of fused-ring (bicyclic) bond motifs is 1. The molecule has 7 nitrogen and oxygen atoms in total. The molecule has 1 aliphatic carbocycles. The van der Waals surface area contributed by atoms with Crippen LogP contribution >= 0.6 is 0 Å². The number of nitrogens with two attached hydrogens (primary N) is 2. The van der Waals surface area contributed by atoms with E-state index in [0.717, 1.165) is 30.5 Å². The van der Waals surface area contributed by atoms with E-state index in [2.05, 4.69) is 17.1 Å². The molecule has 1 saturated carbocycles. The van der Waals surface area contributed by atoms with Crippen molar-refractivity contribution in [3.05, 3.63) is 84.3 Å². The largest absolute Gasteiger partial charge is 0.494 e. The molecule has 2 aromatic carbocycles. The standard InChI is InChI=1S/C28H25FN6O/c1-36-23-7-2-5-19(24(23)29)21-12-13-22-27(33-21)35(26(34-22)20-6-3-16-32-25(20)30)18-10-8-17(9-11-18)28(31)14-4-15-28/h2-3,5-13,16H,4,14-15,31H2,1H3,(H2,30,32). The van der Waals surface area contributed by atoms with Crippen molar-refractivity contribution in [3.8, 4) is 34.1 Å². The van der Waals surface area contributed by atoms with Crippen molar-refractivity contribution < 1.29 is 9.13 Å². The molecule has 1 aliphatic rings. The molecular formula is C28H25FN6O. The maximum absolute atomic E-state index is 15.1. The van der Waals surface area contributed by atoms with Crippen LogP contribution in [-0.4, -0.2) is 26.6 Å². The van der Waals surface area contributed by atoms with Crippen molar-refractivity contribution in [2.75, 3.05) is 12.8 Å². The number of hydrogen-bond donors (Lipinski definition) is 2. The number of hydrogen-bond acceptors (Lipinski definition) is 6. The van der Waals surface area contributed by atoms with E-state index in [4.69, 9.17) is 26.2 Å². The first kappa shape index (κ1) is 22.2. The van der Waals surface area contributed by atoms with Crippen LogP contribution < -0.4 is 16.2 Å². The van der Waals surface area contributed by atoms with Crippen molar-refractivity contribution in [2.45, 2.75) is 24.8 Å². The lowest BCUT2D eigenvalue weighted by atomic mass is 9.73. The van der Waals surface area contributed by atoms with Gasteiger partial charge in [0, 0.05) is 23.0 Å². The summed E-state index contributed by atoms with van der Waals surface area (Å²) >= 11 is 0. The van der Waals surface area contributed by atoms with E-state index in [1.807, 2.05) is 34.9 Å². The quantitative estimate of drug-likeness (QED) is 0.357. The molecule has 0 radical (unpaired) electrons. The normalized spacial score (nSPS) is 14.5. The van der Waals surface area contributed by atoms with Crippen LogP contribution in [-0.2, 0) is 5.54 Å². The highest BCUT2D eigenvalue weighted by Gasteiger charge is 2.34. The number of halogens is 1. The van der Waals surface area contributed by atoms with Gasteiger partial charge in [-0.3, -0.25) is 4.57 Å². The summed E-state index contributed by atoms with van der Waals surface area (Å²) < 4.78 is 22.2. The van der Waals surface area contributed by atoms with E-state index in [0.29, 0.717) is 39.6 Å². The zero-order chi connectivity index (χ0) is 24.9. The van der Waals surface area contributed by atoms with Gasteiger partial charge in [0.1, 0.15) is 11.3 Å². The van der Waals surface area contributed by atoms with Crippen LogP contribution in [0.1, 0.15) is 24.8 Å². The predicted octanol–water partition coefficient (Wildman–Crippen LogP) is 5.22. The number of benzene rings is 2. The fraction of sp³-hybridized carbons (Fsp3) is 0.179. The maximum Gasteiger partial charge on any atom is 0.174 e. The van der Waals surface area contributed by atoms with Gasteiger partial charge >= 0.3 is 0 Å². The van der Waals surface area contributed by atoms with Crippen LogP contribution in [0.25, 0.3) is 39.5 Å². The molecule has 180 valence electrons. The van der Waals surface area contributed by atoms with Crippen molar-refractivity contribution in [1.29, 1.82) is 0 Å². The third-order valence-corrected chi connectivity index (χ3v) is 6.99. The van der Waals surface area contributed by atoms with Gasteiger partial charge in [-0.05, 0) is 73.4 Å². The lowest BCUT2D eigenvalue weighted by molar-refractivity contribution is 0.253. The minimum absolute atomic E-state index is 0.161. The highest BCUT2D eigenvalue weighted by molar-refractivity contribution is 5.84. The van der Waals surface area contributed by atoms with Gasteiger partial charge in [-0.2, -0.15) is 0 Å². The van der Waals surface area contributed by atoms with Crippen molar-refractivity contribution in [3.63, 3.8) is 0 Å². The Morgan fingerprint density at radius 1 is 0.944 bits per heavy atom. The molecule has 0 aliphatic heterocycles. The number of ether oxygens (including phenoxy) is 1. The lowest BCUT2D eigenvalue weighted by Crippen LogP contribution is -2.43. The van der Waals surface area contributed by atoms with Crippen molar-refractivity contribution in [2.24, 2.45) is 5.73 Å². The summed E-state index contributed by atoms with van der Waals surface area (Å²) in [6, 6.07) is 20.4. The Bertz CT molecular complexity index is 1590. The summed E-state index contributed by atoms with van der Waals surface area (Å²) in [4.78, 5) is 13.9. The molecule has 3 aromatic heterocycles. The van der Waals surface area contributed by atoms with Gasteiger partial charge in [-0.1, -0.05) is 18.2 Å². The summed E-state index contributed by atoms with van der Waals surface area (Å²) in [6.07, 6.45) is 4.74. The highest BCUT2D eigenvalue weighted by atomic mass is 19.1. The molecule has 0 atom stereocenters. The Balaban J connectivity index is 1.57. The molecular weight excluding hydrogens is 455 g/mol. The van der Waals surface area contributed by atoms with Crippen molar-refractivity contribution >= 4 is 17.0 Å². The van der Waals surface area contributed by atoms with E-state index < -0.39 is 5.82 Å². The fourth-order valence-electron chi connectivity index (χ4n) is 4.79. The molecule has 5 aromatic rings. The monoisotopic (exact) mass is 480 g/mol. The number of rotatable bonds is 5. The summed E-state index contributed by atoms with van der Waals surface area (Å²) in [7, 11) is 1.44. The van der Waals surface area contributed by atoms with Gasteiger partial charge in [0.15, 0.2) is 23.0 Å². The molecule has 0 saturated heterocycles. The summed E-state index contributed by atoms with van der Waals surface area (Å²) in [5, 5.41) is 0. The third-order valence-electron chi connectivity index (χ3n) is 6.99. The predicted molar refractivity (Wildman–Crippen MR) is 138 cm³/mol. The molecule has 4 N–H and O–H groups in total. The second kappa shape index (κ2) is 8.42. The van der Waals surface area contributed by atoms with Gasteiger partial charge in [0.25, 0.3) is 0 Å². The third kappa shape index (κ3) is 3.49. The van der Waals surface area contributed by atoms with E-state index in [1.54, 1.807) is 30.5 Å². The van der Waals surface area contributed by atoms with E-state index in [1.165, 1.54) is 7.11 Å². The molecule has 0 amide bonds. The van der Waals surface area contributed by atoms with Gasteiger partial charge in [0.2, 0.25) is 0 Å². The second-order valence-electron chi connectivity index (χ2n) is 9.12. The first-order valence-corrected chi connectivity index (χ1v) is 11.8.